The van der Waals surface area contributed by atoms with Crippen LogP contribution in [0, 0.1) is 0 Å². The number of benzene rings is 4. The molecule has 4 rings (SSSR count). The zero-order valence-electron chi connectivity index (χ0n) is 13.2. The third-order valence-electron chi connectivity index (χ3n) is 4.49. The largest absolute Gasteiger partial charge is 0.216 e. The van der Waals surface area contributed by atoms with Crippen molar-refractivity contribution < 1.29 is 0 Å². The molecule has 0 aliphatic heterocycles. The molecule has 24 heavy (non-hydrogen) atoms. The number of fused-ring (bicyclic) bond motifs is 1. The molecule has 0 amide bonds. The average Bonchev–Trinajstić information content (AvgIpc) is 2.68. The Hall–Kier alpha value is -1.91. The van der Waals surface area contributed by atoms with Gasteiger partial charge >= 0.3 is 0 Å². The summed E-state index contributed by atoms with van der Waals surface area (Å²) in [7, 11) is 0. The summed E-state index contributed by atoms with van der Waals surface area (Å²) in [6.07, 6.45) is 0. The molecule has 0 N–H and O–H groups in total. The summed E-state index contributed by atoms with van der Waals surface area (Å²) < 4.78 is 0. The Bertz CT molecular complexity index is 925. The normalized spacial score (nSPS) is 11.5. The van der Waals surface area contributed by atoms with Crippen LogP contribution in [0.15, 0.2) is 103 Å². The molecule has 0 unspecified atom stereocenters. The lowest BCUT2D eigenvalue weighted by Crippen LogP contribution is -2.62. The predicted octanol–water partition coefficient (Wildman–Crippen LogP) is 4.24. The summed E-state index contributed by atoms with van der Waals surface area (Å²) in [5.74, 6) is 0. The quantitative estimate of drug-likeness (QED) is 0.195. The van der Waals surface area contributed by atoms with E-state index in [9.17, 15) is 0 Å². The minimum atomic E-state index is -2.02. The monoisotopic (exact) mass is 436 g/mol. The van der Waals surface area contributed by atoms with Crippen LogP contribution in [0.25, 0.3) is 10.8 Å². The highest BCUT2D eigenvalue weighted by molar-refractivity contribution is 14.1. The van der Waals surface area contributed by atoms with Crippen LogP contribution in [0.1, 0.15) is 0 Å². The Morgan fingerprint density at radius 3 is 1.54 bits per heavy atom. The standard InChI is InChI=1S/C22H17ISi/c23-24(20-11-3-1-4-12-20,21-13-5-2-6-14-21)22-16-15-18-9-7-8-10-19(18)17-22/h1-17H. The topological polar surface area (TPSA) is 0 Å². The van der Waals surface area contributed by atoms with Gasteiger partial charge in [-0.1, -0.05) is 103 Å². The molecule has 0 radical (unpaired) electrons. The van der Waals surface area contributed by atoms with Crippen LogP contribution in [0.5, 0.6) is 0 Å². The van der Waals surface area contributed by atoms with Gasteiger partial charge in [0.2, 0.25) is 5.57 Å². The molecule has 116 valence electrons. The van der Waals surface area contributed by atoms with Crippen molar-refractivity contribution >= 4 is 53.7 Å². The molecule has 0 fully saturated rings. The van der Waals surface area contributed by atoms with Crippen LogP contribution in [-0.4, -0.2) is 5.57 Å². The summed E-state index contributed by atoms with van der Waals surface area (Å²) in [6.45, 7) is 0. The molecule has 0 saturated heterocycles. The van der Waals surface area contributed by atoms with Crippen LogP contribution in [0.2, 0.25) is 0 Å². The molecule has 0 aliphatic carbocycles. The zero-order valence-corrected chi connectivity index (χ0v) is 16.4. The van der Waals surface area contributed by atoms with Gasteiger partial charge in [0.05, 0.1) is 0 Å². The van der Waals surface area contributed by atoms with Crippen molar-refractivity contribution in [3.8, 4) is 0 Å². The molecule has 0 aromatic heterocycles. The van der Waals surface area contributed by atoms with Gasteiger partial charge in [0.25, 0.3) is 0 Å². The molecule has 0 saturated carbocycles. The molecule has 0 aliphatic rings. The molecule has 2 heteroatoms. The minimum absolute atomic E-state index is 1.30. The first-order valence-electron chi connectivity index (χ1n) is 8.08. The van der Waals surface area contributed by atoms with Crippen LogP contribution in [0.3, 0.4) is 0 Å². The summed E-state index contributed by atoms with van der Waals surface area (Å²) in [5, 5.41) is 6.93. The number of rotatable bonds is 3. The third-order valence-corrected chi connectivity index (χ3v) is 13.5. The van der Waals surface area contributed by atoms with E-state index in [0.717, 1.165) is 0 Å². The maximum Gasteiger partial charge on any atom is 0.216 e. The van der Waals surface area contributed by atoms with Crippen molar-refractivity contribution in [2.45, 2.75) is 0 Å². The lowest BCUT2D eigenvalue weighted by Gasteiger charge is -2.27. The Balaban J connectivity index is 1.98. The Morgan fingerprint density at radius 2 is 0.958 bits per heavy atom. The van der Waals surface area contributed by atoms with Crippen molar-refractivity contribution in [1.29, 1.82) is 0 Å². The fourth-order valence-corrected chi connectivity index (χ4v) is 9.37. The molecule has 4 aromatic carbocycles. The minimum Gasteiger partial charge on any atom is -0.100 e. The lowest BCUT2D eigenvalue weighted by molar-refractivity contribution is 1.72. The van der Waals surface area contributed by atoms with E-state index in [1.807, 2.05) is 0 Å². The Labute approximate surface area is 156 Å². The van der Waals surface area contributed by atoms with Gasteiger partial charge in [-0.15, -0.1) is 21.8 Å². The Kier molecular flexibility index (Phi) is 4.25. The SMILES string of the molecule is I[Si](c1ccccc1)(c1ccccc1)c1ccc2ccccc2c1. The molecular formula is C22H17ISi. The summed E-state index contributed by atoms with van der Waals surface area (Å²) in [5.41, 5.74) is -2.02. The van der Waals surface area contributed by atoms with E-state index in [1.165, 1.54) is 26.3 Å². The second-order valence-corrected chi connectivity index (χ2v) is 13.9. The van der Waals surface area contributed by atoms with E-state index >= 15 is 0 Å². The summed E-state index contributed by atoms with van der Waals surface area (Å²) in [6, 6.07) is 37.5. The van der Waals surface area contributed by atoms with Gasteiger partial charge in [0.1, 0.15) is 0 Å². The highest BCUT2D eigenvalue weighted by Gasteiger charge is 2.36. The maximum absolute atomic E-state index is 2.74. The first-order valence-corrected chi connectivity index (χ1v) is 13.2. The van der Waals surface area contributed by atoms with Crippen LogP contribution < -0.4 is 15.6 Å². The van der Waals surface area contributed by atoms with E-state index in [2.05, 4.69) is 125 Å². The smallest absolute Gasteiger partial charge is 0.100 e. The van der Waals surface area contributed by atoms with Crippen molar-refractivity contribution in [1.82, 2.24) is 0 Å². The molecule has 0 atom stereocenters. The van der Waals surface area contributed by atoms with Gasteiger partial charge in [-0.05, 0) is 26.3 Å². The zero-order chi connectivity index (χ0) is 16.4. The average molecular weight is 436 g/mol. The first kappa shape index (κ1) is 15.6. The molecule has 0 nitrogen and oxygen atoms in total. The lowest BCUT2D eigenvalue weighted by atomic mass is 10.1. The molecule has 0 spiro atoms. The van der Waals surface area contributed by atoms with Crippen molar-refractivity contribution in [3.05, 3.63) is 103 Å². The van der Waals surface area contributed by atoms with Gasteiger partial charge in [-0.3, -0.25) is 0 Å². The highest BCUT2D eigenvalue weighted by Crippen LogP contribution is 2.18. The van der Waals surface area contributed by atoms with Gasteiger partial charge in [0.15, 0.2) is 0 Å². The van der Waals surface area contributed by atoms with Gasteiger partial charge in [0, 0.05) is 0 Å². The van der Waals surface area contributed by atoms with Crippen molar-refractivity contribution in [3.63, 3.8) is 0 Å². The molecule has 4 aromatic rings. The predicted molar refractivity (Wildman–Crippen MR) is 116 cm³/mol. The van der Waals surface area contributed by atoms with Gasteiger partial charge in [-0.25, -0.2) is 0 Å². The van der Waals surface area contributed by atoms with E-state index in [1.54, 1.807) is 0 Å². The summed E-state index contributed by atoms with van der Waals surface area (Å²) >= 11 is 2.74. The van der Waals surface area contributed by atoms with E-state index in [-0.39, 0.29) is 0 Å². The van der Waals surface area contributed by atoms with E-state index in [4.69, 9.17) is 0 Å². The first-order chi connectivity index (χ1) is 11.8. The Morgan fingerprint density at radius 1 is 0.458 bits per heavy atom. The van der Waals surface area contributed by atoms with Crippen LogP contribution in [0.4, 0.5) is 0 Å². The van der Waals surface area contributed by atoms with Crippen LogP contribution >= 0.6 is 21.8 Å². The van der Waals surface area contributed by atoms with Gasteiger partial charge < -0.3 is 0 Å². The van der Waals surface area contributed by atoms with Crippen LogP contribution in [-0.2, 0) is 0 Å². The second kappa shape index (κ2) is 6.53. The fourth-order valence-electron chi connectivity index (χ4n) is 3.24. The fraction of sp³-hybridized carbons (Fsp3) is 0. The van der Waals surface area contributed by atoms with E-state index < -0.39 is 5.57 Å². The van der Waals surface area contributed by atoms with Gasteiger partial charge in [-0.2, -0.15) is 0 Å². The second-order valence-electron chi connectivity index (χ2n) is 5.95. The number of hydrogen-bond donors (Lipinski definition) is 0. The van der Waals surface area contributed by atoms with Crippen molar-refractivity contribution in [2.75, 3.05) is 0 Å². The van der Waals surface area contributed by atoms with Crippen molar-refractivity contribution in [2.24, 2.45) is 0 Å². The third kappa shape index (κ3) is 2.70. The summed E-state index contributed by atoms with van der Waals surface area (Å²) in [4.78, 5) is 0. The molecule has 0 bridgehead atoms. The highest BCUT2D eigenvalue weighted by atomic mass is 127. The molecular weight excluding hydrogens is 419 g/mol. The van der Waals surface area contributed by atoms with E-state index in [0.29, 0.717) is 0 Å². The molecule has 0 heterocycles. The number of halogens is 1. The number of hydrogen-bond acceptors (Lipinski definition) is 0. The maximum atomic E-state index is 2.74.